The Balaban J connectivity index is 2.33. The smallest absolute Gasteiger partial charge is 0.322 e. The lowest BCUT2D eigenvalue weighted by Gasteiger charge is -2.25. The fraction of sp³-hybridized carbons (Fsp3) is 0.462. The zero-order valence-corrected chi connectivity index (χ0v) is 12.4. The lowest BCUT2D eigenvalue weighted by Crippen LogP contribution is -2.39. The number of nitrogens with zero attached hydrogens (tertiary/aromatic N) is 3. The number of benzene rings is 1. The summed E-state index contributed by atoms with van der Waals surface area (Å²) in [7, 11) is 0. The molecule has 1 N–H and O–H groups in total. The Morgan fingerprint density at radius 2 is 2.16 bits per heavy atom. The van der Waals surface area contributed by atoms with E-state index in [9.17, 15) is 4.79 Å². The first-order valence-electron chi connectivity index (χ1n) is 6.34. The molecule has 1 aromatic heterocycles. The van der Waals surface area contributed by atoms with Crippen LogP contribution in [0.15, 0.2) is 12.1 Å². The highest BCUT2D eigenvalue weighted by Crippen LogP contribution is 2.25. The van der Waals surface area contributed by atoms with Gasteiger partial charge >= 0.3 is 6.03 Å². The first kappa shape index (κ1) is 13.7. The van der Waals surface area contributed by atoms with Crippen molar-refractivity contribution in [1.82, 2.24) is 13.6 Å². The standard InChI is InChI=1S/C13H18N4OS/c1-5-17(8(2)3)13(18)14-11-9(4)6-7-10-12(11)16-19-15-10/h6-8H,5H2,1-4H3,(H,14,18). The van der Waals surface area contributed by atoms with E-state index >= 15 is 0 Å². The molecule has 0 aliphatic carbocycles. The molecule has 0 saturated carbocycles. The van der Waals surface area contributed by atoms with Crippen molar-refractivity contribution in [3.05, 3.63) is 17.7 Å². The Morgan fingerprint density at radius 3 is 2.79 bits per heavy atom. The van der Waals surface area contributed by atoms with Crippen molar-refractivity contribution in [2.75, 3.05) is 11.9 Å². The Kier molecular flexibility index (Phi) is 3.99. The molecule has 5 nitrogen and oxygen atoms in total. The molecule has 2 rings (SSSR count). The average molecular weight is 278 g/mol. The zero-order chi connectivity index (χ0) is 14.0. The molecule has 1 heterocycles. The number of carbonyl (C=O) groups is 1. The number of aromatic nitrogens is 2. The van der Waals surface area contributed by atoms with Crippen molar-refractivity contribution in [1.29, 1.82) is 0 Å². The maximum atomic E-state index is 12.3. The van der Waals surface area contributed by atoms with Gasteiger partial charge in [-0.05, 0) is 39.3 Å². The van der Waals surface area contributed by atoms with E-state index in [1.54, 1.807) is 4.90 Å². The molecule has 0 aliphatic rings. The first-order chi connectivity index (χ1) is 9.04. The van der Waals surface area contributed by atoms with Crippen LogP contribution < -0.4 is 5.32 Å². The SMILES string of the molecule is CCN(C(=O)Nc1c(C)ccc2nsnc12)C(C)C. The van der Waals surface area contributed by atoms with Gasteiger partial charge in [0.1, 0.15) is 11.0 Å². The van der Waals surface area contributed by atoms with Crippen LogP contribution in [0.25, 0.3) is 11.0 Å². The average Bonchev–Trinajstić information content (AvgIpc) is 2.81. The van der Waals surface area contributed by atoms with E-state index in [2.05, 4.69) is 14.1 Å². The Bertz CT molecular complexity index is 593. The highest BCUT2D eigenvalue weighted by Gasteiger charge is 2.17. The van der Waals surface area contributed by atoms with Gasteiger partial charge in [0, 0.05) is 12.6 Å². The van der Waals surface area contributed by atoms with E-state index in [1.807, 2.05) is 39.8 Å². The summed E-state index contributed by atoms with van der Waals surface area (Å²) in [6.07, 6.45) is 0. The largest absolute Gasteiger partial charge is 0.322 e. The summed E-state index contributed by atoms with van der Waals surface area (Å²) in [5.41, 5.74) is 3.33. The summed E-state index contributed by atoms with van der Waals surface area (Å²) < 4.78 is 8.45. The molecular weight excluding hydrogens is 260 g/mol. The monoisotopic (exact) mass is 278 g/mol. The topological polar surface area (TPSA) is 58.1 Å². The number of nitrogens with one attached hydrogen (secondary N) is 1. The number of urea groups is 1. The van der Waals surface area contributed by atoms with E-state index in [4.69, 9.17) is 0 Å². The molecule has 2 amide bonds. The fourth-order valence-electron chi connectivity index (χ4n) is 2.03. The maximum absolute atomic E-state index is 12.3. The van der Waals surface area contributed by atoms with Crippen LogP contribution in [0.5, 0.6) is 0 Å². The van der Waals surface area contributed by atoms with Crippen molar-refractivity contribution < 1.29 is 4.79 Å². The number of amides is 2. The summed E-state index contributed by atoms with van der Waals surface area (Å²) >= 11 is 1.16. The molecule has 102 valence electrons. The van der Waals surface area contributed by atoms with Crippen molar-refractivity contribution in [3.8, 4) is 0 Å². The third-order valence-corrected chi connectivity index (χ3v) is 3.64. The lowest BCUT2D eigenvalue weighted by atomic mass is 10.1. The third kappa shape index (κ3) is 2.68. The maximum Gasteiger partial charge on any atom is 0.322 e. The third-order valence-electron chi connectivity index (χ3n) is 3.09. The number of fused-ring (bicyclic) bond motifs is 1. The molecule has 0 bridgehead atoms. The molecule has 19 heavy (non-hydrogen) atoms. The molecule has 2 aromatic rings. The fourth-order valence-corrected chi connectivity index (χ4v) is 2.57. The van der Waals surface area contributed by atoms with Gasteiger partial charge in [-0.2, -0.15) is 8.75 Å². The highest BCUT2D eigenvalue weighted by atomic mass is 32.1. The second-order valence-corrected chi connectivity index (χ2v) is 5.23. The van der Waals surface area contributed by atoms with Gasteiger partial charge in [-0.1, -0.05) is 6.07 Å². The number of rotatable bonds is 3. The normalized spacial score (nSPS) is 11.0. The molecule has 0 atom stereocenters. The van der Waals surface area contributed by atoms with E-state index in [0.29, 0.717) is 6.54 Å². The Hall–Kier alpha value is -1.69. The molecule has 6 heteroatoms. The molecular formula is C13H18N4OS. The quantitative estimate of drug-likeness (QED) is 0.937. The second kappa shape index (κ2) is 5.52. The van der Waals surface area contributed by atoms with Crippen molar-refractivity contribution in [3.63, 3.8) is 0 Å². The van der Waals surface area contributed by atoms with E-state index in [0.717, 1.165) is 34.0 Å². The molecule has 0 unspecified atom stereocenters. The minimum atomic E-state index is -0.0962. The molecule has 0 saturated heterocycles. The second-order valence-electron chi connectivity index (χ2n) is 4.70. The van der Waals surface area contributed by atoms with Gasteiger partial charge in [-0.25, -0.2) is 4.79 Å². The minimum absolute atomic E-state index is 0.0962. The Labute approximate surface area is 117 Å². The van der Waals surface area contributed by atoms with Gasteiger partial charge in [0.25, 0.3) is 0 Å². The van der Waals surface area contributed by atoms with Gasteiger partial charge in [-0.3, -0.25) is 0 Å². The zero-order valence-electron chi connectivity index (χ0n) is 11.6. The van der Waals surface area contributed by atoms with E-state index in [1.165, 1.54) is 0 Å². The molecule has 0 spiro atoms. The minimum Gasteiger partial charge on any atom is -0.322 e. The predicted octanol–water partition coefficient (Wildman–Crippen LogP) is 3.26. The summed E-state index contributed by atoms with van der Waals surface area (Å²) in [4.78, 5) is 14.0. The number of hydrogen-bond acceptors (Lipinski definition) is 4. The van der Waals surface area contributed by atoms with Crippen LogP contribution in [0.2, 0.25) is 0 Å². The Morgan fingerprint density at radius 1 is 1.42 bits per heavy atom. The van der Waals surface area contributed by atoms with Crippen molar-refractivity contribution >= 4 is 34.5 Å². The number of aryl methyl sites for hydroxylation is 1. The summed E-state index contributed by atoms with van der Waals surface area (Å²) in [6.45, 7) is 8.60. The van der Waals surface area contributed by atoms with Crippen LogP contribution in [0.1, 0.15) is 26.3 Å². The van der Waals surface area contributed by atoms with Crippen LogP contribution in [-0.4, -0.2) is 32.3 Å². The lowest BCUT2D eigenvalue weighted by molar-refractivity contribution is 0.201. The highest BCUT2D eigenvalue weighted by molar-refractivity contribution is 7.00. The van der Waals surface area contributed by atoms with Crippen LogP contribution in [0.3, 0.4) is 0 Å². The molecule has 1 aromatic carbocycles. The van der Waals surface area contributed by atoms with Crippen LogP contribution >= 0.6 is 11.7 Å². The van der Waals surface area contributed by atoms with E-state index < -0.39 is 0 Å². The molecule has 0 fully saturated rings. The summed E-state index contributed by atoms with van der Waals surface area (Å²) in [6, 6.07) is 3.94. The van der Waals surface area contributed by atoms with Gasteiger partial charge in [-0.15, -0.1) is 0 Å². The molecule has 0 aliphatic heterocycles. The number of hydrogen-bond donors (Lipinski definition) is 1. The van der Waals surface area contributed by atoms with Gasteiger partial charge in [0.05, 0.1) is 17.4 Å². The van der Waals surface area contributed by atoms with Crippen molar-refractivity contribution in [2.24, 2.45) is 0 Å². The van der Waals surface area contributed by atoms with E-state index in [-0.39, 0.29) is 12.1 Å². The van der Waals surface area contributed by atoms with Gasteiger partial charge in [0.15, 0.2) is 0 Å². The van der Waals surface area contributed by atoms with Crippen LogP contribution in [-0.2, 0) is 0 Å². The summed E-state index contributed by atoms with van der Waals surface area (Å²) in [5.74, 6) is 0. The first-order valence-corrected chi connectivity index (χ1v) is 7.07. The van der Waals surface area contributed by atoms with Crippen LogP contribution in [0, 0.1) is 6.92 Å². The summed E-state index contributed by atoms with van der Waals surface area (Å²) in [5, 5.41) is 2.96. The van der Waals surface area contributed by atoms with Gasteiger partial charge in [0.2, 0.25) is 0 Å². The van der Waals surface area contributed by atoms with Gasteiger partial charge < -0.3 is 10.2 Å². The van der Waals surface area contributed by atoms with Crippen molar-refractivity contribution in [2.45, 2.75) is 33.7 Å². The molecule has 0 radical (unpaired) electrons. The predicted molar refractivity (Wildman–Crippen MR) is 78.7 cm³/mol. The number of anilines is 1. The number of carbonyl (C=O) groups excluding carboxylic acids is 1. The van der Waals surface area contributed by atoms with Crippen LogP contribution in [0.4, 0.5) is 10.5 Å².